The fourth-order valence-electron chi connectivity index (χ4n) is 7.45. The summed E-state index contributed by atoms with van der Waals surface area (Å²) in [6.45, 7) is 6.02. The maximum absolute atomic E-state index is 13.6. The van der Waals surface area contributed by atoms with Gasteiger partial charge >= 0.3 is 12.1 Å². The largest absolute Gasteiger partial charge is 0.458 e. The van der Waals surface area contributed by atoms with E-state index in [2.05, 4.69) is 10.2 Å². The van der Waals surface area contributed by atoms with Gasteiger partial charge in [0.15, 0.2) is 5.60 Å². The van der Waals surface area contributed by atoms with Gasteiger partial charge in [0.25, 0.3) is 5.56 Å². The van der Waals surface area contributed by atoms with E-state index in [4.69, 9.17) is 14.5 Å². The molecule has 0 saturated carbocycles. The maximum Gasteiger partial charge on any atom is 0.415 e. The first kappa shape index (κ1) is 28.9. The lowest BCUT2D eigenvalue weighted by Gasteiger charge is -2.39. The molecule has 7 rings (SSSR count). The number of aliphatic hydroxyl groups is 1. The number of esters is 1. The summed E-state index contributed by atoms with van der Waals surface area (Å²) in [7, 11) is 1.85. The van der Waals surface area contributed by atoms with Gasteiger partial charge in [0.1, 0.15) is 12.4 Å². The second-order valence-corrected chi connectivity index (χ2v) is 12.4. The third-order valence-corrected chi connectivity index (χ3v) is 9.97. The van der Waals surface area contributed by atoms with Crippen LogP contribution in [0.5, 0.6) is 5.75 Å². The van der Waals surface area contributed by atoms with Crippen molar-refractivity contribution in [2.75, 3.05) is 33.2 Å². The number of carbonyl (C=O) groups excluding carboxylic acids is 2. The lowest BCUT2D eigenvalue weighted by Crippen LogP contribution is -2.48. The molecule has 3 aromatic rings. The number of aromatic nitrogens is 2. The second kappa shape index (κ2) is 11.3. The van der Waals surface area contributed by atoms with Crippen molar-refractivity contribution in [1.29, 1.82) is 0 Å². The molecule has 1 atom stereocenters. The van der Waals surface area contributed by atoms with E-state index in [0.29, 0.717) is 66.0 Å². The smallest absolute Gasteiger partial charge is 0.415 e. The minimum Gasteiger partial charge on any atom is -0.458 e. The lowest BCUT2D eigenvalue weighted by molar-refractivity contribution is -0.172. The summed E-state index contributed by atoms with van der Waals surface area (Å²) < 4.78 is 12.7. The van der Waals surface area contributed by atoms with E-state index in [1.54, 1.807) is 28.5 Å². The van der Waals surface area contributed by atoms with Gasteiger partial charge in [-0.3, -0.25) is 4.79 Å². The van der Waals surface area contributed by atoms with Crippen LogP contribution in [0, 0.1) is 0 Å². The Bertz CT molecular complexity index is 1710. The van der Waals surface area contributed by atoms with Crippen LogP contribution < -0.4 is 15.6 Å². The molecule has 6 heterocycles. The summed E-state index contributed by atoms with van der Waals surface area (Å²) >= 11 is 0. The van der Waals surface area contributed by atoms with Gasteiger partial charge in [-0.1, -0.05) is 13.3 Å². The van der Waals surface area contributed by atoms with E-state index < -0.39 is 11.6 Å². The van der Waals surface area contributed by atoms with Crippen molar-refractivity contribution >= 4 is 23.0 Å². The zero-order valence-corrected chi connectivity index (χ0v) is 25.4. The first-order valence-electron chi connectivity index (χ1n) is 15.8. The maximum atomic E-state index is 13.6. The van der Waals surface area contributed by atoms with E-state index in [0.717, 1.165) is 42.4 Å². The number of nitrogens with one attached hydrogen (secondary N) is 1. The molecule has 2 N–H and O–H groups in total. The third-order valence-electron chi connectivity index (χ3n) is 9.97. The number of hydrogen-bond donors (Lipinski definition) is 2. The molecular formula is C33H39N5O6. The lowest BCUT2D eigenvalue weighted by atomic mass is 9.86. The van der Waals surface area contributed by atoms with Crippen LogP contribution >= 0.6 is 0 Å². The van der Waals surface area contributed by atoms with Crippen molar-refractivity contribution in [1.82, 2.24) is 24.7 Å². The van der Waals surface area contributed by atoms with Crippen LogP contribution in [-0.4, -0.2) is 75.8 Å². The first-order chi connectivity index (χ1) is 21.3. The van der Waals surface area contributed by atoms with Gasteiger partial charge in [-0.15, -0.1) is 0 Å². The van der Waals surface area contributed by atoms with Crippen molar-refractivity contribution < 1.29 is 24.2 Å². The molecule has 0 bridgehead atoms. The Morgan fingerprint density at radius 1 is 1.11 bits per heavy atom. The summed E-state index contributed by atoms with van der Waals surface area (Å²) in [4.78, 5) is 48.7. The van der Waals surface area contributed by atoms with E-state index in [1.807, 2.05) is 19.2 Å². The Balaban J connectivity index is 1.18. The first-order valence-corrected chi connectivity index (χ1v) is 15.8. The minimum atomic E-state index is -1.88. The number of piperidine rings is 2. The molecule has 0 aliphatic carbocycles. The highest BCUT2D eigenvalue weighted by Crippen LogP contribution is 2.40. The van der Waals surface area contributed by atoms with Gasteiger partial charge in [0.2, 0.25) is 0 Å². The molecule has 2 saturated heterocycles. The molecule has 2 aromatic heterocycles. The molecular weight excluding hydrogens is 562 g/mol. The summed E-state index contributed by atoms with van der Waals surface area (Å²) in [5.41, 5.74) is 2.13. The average Bonchev–Trinajstić information content (AvgIpc) is 3.42. The van der Waals surface area contributed by atoms with Crippen LogP contribution in [-0.2, 0) is 34.8 Å². The Labute approximate surface area is 255 Å². The SMILES string of the molecule is CC[C@@]1(O)C(=O)OCc2c1cc1n(c2=O)Cc2c-1nc1ccc(OC(=O)N3CCC(N4CCCCC4)CC3)cc1c2CNC. The number of amides is 1. The predicted octanol–water partition coefficient (Wildman–Crippen LogP) is 3.25. The van der Waals surface area contributed by atoms with Gasteiger partial charge in [-0.25, -0.2) is 14.6 Å². The monoisotopic (exact) mass is 601 g/mol. The van der Waals surface area contributed by atoms with Gasteiger partial charge in [-0.2, -0.15) is 0 Å². The Morgan fingerprint density at radius 2 is 1.89 bits per heavy atom. The minimum absolute atomic E-state index is 0.0860. The van der Waals surface area contributed by atoms with Gasteiger partial charge < -0.3 is 34.3 Å². The summed E-state index contributed by atoms with van der Waals surface area (Å²) in [5, 5.41) is 15.3. The molecule has 2 fully saturated rings. The number of likely N-dealkylation sites (tertiary alicyclic amines) is 2. The summed E-state index contributed by atoms with van der Waals surface area (Å²) in [6, 6.07) is 7.71. The number of pyridine rings is 2. The van der Waals surface area contributed by atoms with Gasteiger partial charge in [0.05, 0.1) is 29.0 Å². The molecule has 4 aliphatic rings. The number of rotatable bonds is 5. The van der Waals surface area contributed by atoms with Gasteiger partial charge in [0, 0.05) is 42.2 Å². The highest BCUT2D eigenvalue weighted by Gasteiger charge is 2.45. The highest BCUT2D eigenvalue weighted by molar-refractivity contribution is 5.90. The van der Waals surface area contributed by atoms with Gasteiger partial charge in [-0.05, 0) is 82.1 Å². The van der Waals surface area contributed by atoms with Crippen LogP contribution in [0.4, 0.5) is 4.79 Å². The number of fused-ring (bicyclic) bond motifs is 5. The number of cyclic esters (lactones) is 1. The highest BCUT2D eigenvalue weighted by atomic mass is 16.6. The van der Waals surface area contributed by atoms with E-state index in [9.17, 15) is 19.5 Å². The predicted molar refractivity (Wildman–Crippen MR) is 163 cm³/mol. The molecule has 0 spiro atoms. The fraction of sp³-hybridized carbons (Fsp3) is 0.515. The van der Waals surface area contributed by atoms with Crippen molar-refractivity contribution in [3.05, 3.63) is 56.9 Å². The number of ether oxygens (including phenoxy) is 2. The fourth-order valence-corrected chi connectivity index (χ4v) is 7.45. The zero-order chi connectivity index (χ0) is 30.6. The Hall–Kier alpha value is -3.80. The number of hydrogen-bond acceptors (Lipinski definition) is 9. The molecule has 1 aromatic carbocycles. The quantitative estimate of drug-likeness (QED) is 0.332. The Kier molecular flexibility index (Phi) is 7.42. The molecule has 4 aliphatic heterocycles. The van der Waals surface area contributed by atoms with Crippen LogP contribution in [0.15, 0.2) is 29.1 Å². The van der Waals surface area contributed by atoms with Crippen molar-refractivity contribution in [3.63, 3.8) is 0 Å². The summed E-state index contributed by atoms with van der Waals surface area (Å²) in [6.07, 6.45) is 5.53. The van der Waals surface area contributed by atoms with E-state index >= 15 is 0 Å². The van der Waals surface area contributed by atoms with Crippen LogP contribution in [0.1, 0.15) is 67.7 Å². The molecule has 11 heteroatoms. The molecule has 1 amide bonds. The number of nitrogens with zero attached hydrogens (tertiary/aromatic N) is 4. The second-order valence-electron chi connectivity index (χ2n) is 12.4. The van der Waals surface area contributed by atoms with Crippen LogP contribution in [0.2, 0.25) is 0 Å². The third kappa shape index (κ3) is 4.69. The summed E-state index contributed by atoms with van der Waals surface area (Å²) in [5.74, 6) is -0.294. The van der Waals surface area contributed by atoms with E-state index in [1.165, 1.54) is 19.3 Å². The van der Waals surface area contributed by atoms with E-state index in [-0.39, 0.29) is 24.7 Å². The van der Waals surface area contributed by atoms with Crippen LogP contribution in [0.25, 0.3) is 22.3 Å². The average molecular weight is 602 g/mol. The topological polar surface area (TPSA) is 126 Å². The standard InChI is InChI=1S/C33H39N5O6/c1-3-33(42)26-16-28-29-24(18-38(28)30(39)25(26)19-43-31(33)40)23(17-34-2)22-15-21(7-8-27(22)35-29)44-32(41)37-13-9-20(10-14-37)36-11-5-4-6-12-36/h7-8,15-16,20,34,42H,3-6,9-14,17-19H2,1-2H3/t33-/m0/s1. The molecule has 44 heavy (non-hydrogen) atoms. The normalized spacial score (nSPS) is 22.0. The molecule has 11 nitrogen and oxygen atoms in total. The van der Waals surface area contributed by atoms with Crippen molar-refractivity contribution in [3.8, 4) is 17.1 Å². The van der Waals surface area contributed by atoms with Crippen molar-refractivity contribution in [2.45, 2.75) is 76.8 Å². The number of benzene rings is 1. The van der Waals surface area contributed by atoms with Crippen molar-refractivity contribution in [2.24, 2.45) is 0 Å². The molecule has 232 valence electrons. The van der Waals surface area contributed by atoms with Crippen LogP contribution in [0.3, 0.4) is 0 Å². The molecule has 0 unspecified atom stereocenters. The number of carbonyl (C=O) groups is 2. The molecule has 0 radical (unpaired) electrons. The zero-order valence-electron chi connectivity index (χ0n) is 25.4. The Morgan fingerprint density at radius 3 is 2.61 bits per heavy atom.